The van der Waals surface area contributed by atoms with Crippen molar-refractivity contribution >= 4 is 5.78 Å². The smallest absolute Gasteiger partial charge is 0.205 e. The summed E-state index contributed by atoms with van der Waals surface area (Å²) < 4.78 is 0. The molecule has 0 bridgehead atoms. The van der Waals surface area contributed by atoms with Gasteiger partial charge in [0.25, 0.3) is 0 Å². The highest BCUT2D eigenvalue weighted by atomic mass is 16.1. The fourth-order valence-electron chi connectivity index (χ4n) is 0.956. The minimum atomic E-state index is -0.0748. The fraction of sp³-hybridized carbons (Fsp3) is 0.273. The van der Waals surface area contributed by atoms with Crippen molar-refractivity contribution in [3.8, 4) is 0 Å². The molecular weight excluding hydrogens is 176 g/mol. The average molecular weight is 190 g/mol. The Morgan fingerprint density at radius 1 is 1.57 bits per heavy atom. The largest absolute Gasteiger partial charge is 0.391 e. The van der Waals surface area contributed by atoms with Crippen LogP contribution in [-0.4, -0.2) is 17.3 Å². The molecule has 0 unspecified atom stereocenters. The second-order valence-electron chi connectivity index (χ2n) is 2.87. The van der Waals surface area contributed by atoms with Crippen LogP contribution in [-0.2, 0) is 0 Å². The first-order chi connectivity index (χ1) is 6.84. The van der Waals surface area contributed by atoms with Gasteiger partial charge in [0.2, 0.25) is 5.78 Å². The lowest BCUT2D eigenvalue weighted by molar-refractivity contribution is 0.104. The molecule has 0 fully saturated rings. The molecule has 1 aromatic heterocycles. The van der Waals surface area contributed by atoms with E-state index in [2.05, 4.69) is 17.2 Å². The van der Waals surface area contributed by atoms with Gasteiger partial charge in [-0.2, -0.15) is 0 Å². The van der Waals surface area contributed by atoms with E-state index in [1.165, 1.54) is 6.08 Å². The number of hydrogen-bond acceptors (Lipinski definition) is 3. The molecule has 0 aliphatic carbocycles. The molecule has 0 saturated carbocycles. The van der Waals surface area contributed by atoms with Gasteiger partial charge in [0, 0.05) is 25.0 Å². The Kier molecular flexibility index (Phi) is 4.41. The second kappa shape index (κ2) is 5.91. The molecule has 0 saturated heterocycles. The van der Waals surface area contributed by atoms with Crippen molar-refractivity contribution in [1.82, 2.24) is 10.3 Å². The minimum absolute atomic E-state index is 0.0748. The zero-order valence-corrected chi connectivity index (χ0v) is 8.23. The van der Waals surface area contributed by atoms with Crippen LogP contribution in [0.1, 0.15) is 23.8 Å². The highest BCUT2D eigenvalue weighted by molar-refractivity contribution is 6.02. The molecule has 14 heavy (non-hydrogen) atoms. The van der Waals surface area contributed by atoms with Gasteiger partial charge >= 0.3 is 0 Å². The molecule has 0 radical (unpaired) electrons. The van der Waals surface area contributed by atoms with Crippen molar-refractivity contribution in [2.45, 2.75) is 13.3 Å². The van der Waals surface area contributed by atoms with Gasteiger partial charge < -0.3 is 5.32 Å². The molecule has 0 spiro atoms. The topological polar surface area (TPSA) is 42.0 Å². The van der Waals surface area contributed by atoms with Gasteiger partial charge in [0.1, 0.15) is 5.69 Å². The maximum absolute atomic E-state index is 11.4. The Bertz CT molecular complexity index is 306. The first-order valence-electron chi connectivity index (χ1n) is 4.70. The Labute approximate surface area is 83.9 Å². The number of allylic oxidation sites excluding steroid dienone is 1. The van der Waals surface area contributed by atoms with Gasteiger partial charge in [-0.3, -0.25) is 9.78 Å². The van der Waals surface area contributed by atoms with E-state index in [1.807, 2.05) is 0 Å². The first kappa shape index (κ1) is 10.4. The normalized spacial score (nSPS) is 10.4. The molecule has 3 nitrogen and oxygen atoms in total. The molecule has 3 heteroatoms. The summed E-state index contributed by atoms with van der Waals surface area (Å²) >= 11 is 0. The van der Waals surface area contributed by atoms with E-state index in [1.54, 1.807) is 30.6 Å². The van der Waals surface area contributed by atoms with Crippen molar-refractivity contribution in [2.24, 2.45) is 0 Å². The highest BCUT2D eigenvalue weighted by Gasteiger charge is 1.99. The van der Waals surface area contributed by atoms with E-state index in [9.17, 15) is 4.79 Å². The number of ketones is 1. The van der Waals surface area contributed by atoms with Crippen LogP contribution in [0.2, 0.25) is 0 Å². The van der Waals surface area contributed by atoms with E-state index in [0.717, 1.165) is 13.0 Å². The summed E-state index contributed by atoms with van der Waals surface area (Å²) in [6.45, 7) is 2.95. The molecule has 74 valence electrons. The van der Waals surface area contributed by atoms with Gasteiger partial charge in [0.15, 0.2) is 0 Å². The van der Waals surface area contributed by atoms with E-state index < -0.39 is 0 Å². The first-order valence-corrected chi connectivity index (χ1v) is 4.70. The number of pyridine rings is 1. The predicted molar refractivity (Wildman–Crippen MR) is 56.0 cm³/mol. The van der Waals surface area contributed by atoms with Crippen molar-refractivity contribution in [3.63, 3.8) is 0 Å². The van der Waals surface area contributed by atoms with E-state index in [4.69, 9.17) is 0 Å². The summed E-state index contributed by atoms with van der Waals surface area (Å²) in [5, 5.41) is 3.01. The maximum Gasteiger partial charge on any atom is 0.205 e. The third kappa shape index (κ3) is 3.39. The Balaban J connectivity index is 2.47. The lowest BCUT2D eigenvalue weighted by atomic mass is 10.2. The third-order valence-electron chi connectivity index (χ3n) is 1.66. The van der Waals surface area contributed by atoms with E-state index in [0.29, 0.717) is 5.69 Å². The summed E-state index contributed by atoms with van der Waals surface area (Å²) in [6, 6.07) is 5.29. The van der Waals surface area contributed by atoms with Crippen LogP contribution in [0.4, 0.5) is 0 Å². The molecule has 0 aromatic carbocycles. The van der Waals surface area contributed by atoms with Gasteiger partial charge in [-0.1, -0.05) is 13.0 Å². The van der Waals surface area contributed by atoms with Crippen molar-refractivity contribution in [2.75, 3.05) is 6.54 Å². The van der Waals surface area contributed by atoms with Crippen LogP contribution in [0, 0.1) is 0 Å². The Morgan fingerprint density at radius 3 is 3.07 bits per heavy atom. The molecule has 0 amide bonds. The number of nitrogens with one attached hydrogen (secondary N) is 1. The Hall–Kier alpha value is -1.64. The number of carbonyl (C=O) groups is 1. The van der Waals surface area contributed by atoms with E-state index >= 15 is 0 Å². The molecule has 1 heterocycles. The molecule has 1 N–H and O–H groups in total. The Morgan fingerprint density at radius 2 is 2.43 bits per heavy atom. The van der Waals surface area contributed by atoms with Crippen LogP contribution in [0.15, 0.2) is 36.7 Å². The molecule has 1 aromatic rings. The number of aromatic nitrogens is 1. The van der Waals surface area contributed by atoms with Crippen molar-refractivity contribution in [1.29, 1.82) is 0 Å². The molecule has 0 atom stereocenters. The summed E-state index contributed by atoms with van der Waals surface area (Å²) in [7, 11) is 0. The van der Waals surface area contributed by atoms with Crippen molar-refractivity contribution in [3.05, 3.63) is 42.4 Å². The number of nitrogens with zero attached hydrogens (tertiary/aromatic N) is 1. The van der Waals surface area contributed by atoms with Gasteiger partial charge in [-0.25, -0.2) is 0 Å². The van der Waals surface area contributed by atoms with Crippen molar-refractivity contribution < 1.29 is 4.79 Å². The van der Waals surface area contributed by atoms with Gasteiger partial charge in [-0.05, 0) is 18.6 Å². The van der Waals surface area contributed by atoms with Crippen LogP contribution in [0.25, 0.3) is 0 Å². The SMILES string of the molecule is CCCN/C=C\C(=O)c1ccccn1. The van der Waals surface area contributed by atoms with Gasteiger partial charge in [-0.15, -0.1) is 0 Å². The summed E-state index contributed by atoms with van der Waals surface area (Å²) in [5.74, 6) is -0.0748. The standard InChI is InChI=1S/C11H14N2O/c1-2-7-12-9-6-11(14)10-5-3-4-8-13-10/h3-6,8-9,12H,2,7H2,1H3/b9-6-. The molecule has 1 rings (SSSR count). The maximum atomic E-state index is 11.4. The number of hydrogen-bond donors (Lipinski definition) is 1. The van der Waals surface area contributed by atoms with Crippen LogP contribution in [0.5, 0.6) is 0 Å². The lowest BCUT2D eigenvalue weighted by Gasteiger charge is -1.95. The zero-order valence-electron chi connectivity index (χ0n) is 8.23. The molecular formula is C11H14N2O. The predicted octanol–water partition coefficient (Wildman–Crippen LogP) is 1.78. The second-order valence-corrected chi connectivity index (χ2v) is 2.87. The highest BCUT2D eigenvalue weighted by Crippen LogP contribution is 1.95. The van der Waals surface area contributed by atoms with Crippen LogP contribution >= 0.6 is 0 Å². The van der Waals surface area contributed by atoms with Gasteiger partial charge in [0.05, 0.1) is 0 Å². The fourth-order valence-corrected chi connectivity index (χ4v) is 0.956. The van der Waals surface area contributed by atoms with E-state index in [-0.39, 0.29) is 5.78 Å². The summed E-state index contributed by atoms with van der Waals surface area (Å²) in [6.07, 6.45) is 5.82. The number of rotatable bonds is 5. The number of carbonyl (C=O) groups excluding carboxylic acids is 1. The zero-order chi connectivity index (χ0) is 10.2. The molecule has 0 aliphatic heterocycles. The molecule has 0 aliphatic rings. The lowest BCUT2D eigenvalue weighted by Crippen LogP contribution is -2.07. The quantitative estimate of drug-likeness (QED) is 0.437. The minimum Gasteiger partial charge on any atom is -0.391 e. The summed E-state index contributed by atoms with van der Waals surface area (Å²) in [5.41, 5.74) is 0.474. The average Bonchev–Trinajstić information content (AvgIpc) is 2.25. The van der Waals surface area contributed by atoms with Crippen LogP contribution < -0.4 is 5.32 Å². The van der Waals surface area contributed by atoms with Crippen LogP contribution in [0.3, 0.4) is 0 Å². The monoisotopic (exact) mass is 190 g/mol. The third-order valence-corrected chi connectivity index (χ3v) is 1.66. The summed E-state index contributed by atoms with van der Waals surface area (Å²) in [4.78, 5) is 15.4.